The Balaban J connectivity index is 0.00000240. The monoisotopic (exact) mass is 417 g/mol. The van der Waals surface area contributed by atoms with Gasteiger partial charge in [-0.1, -0.05) is 0 Å². The first-order chi connectivity index (χ1) is 13.5. The zero-order chi connectivity index (χ0) is 19.8. The third kappa shape index (κ3) is 3.81. The molecule has 1 aromatic carbocycles. The van der Waals surface area contributed by atoms with Gasteiger partial charge in [-0.15, -0.1) is 17.5 Å². The fourth-order valence-corrected chi connectivity index (χ4v) is 3.48. The molecule has 2 aromatic heterocycles. The molecular formula is C20H21ClFN5O2. The van der Waals surface area contributed by atoms with Crippen molar-refractivity contribution in [2.24, 2.45) is 5.73 Å². The van der Waals surface area contributed by atoms with Gasteiger partial charge in [-0.3, -0.25) is 4.79 Å². The Morgan fingerprint density at radius 2 is 2.07 bits per heavy atom. The van der Waals surface area contributed by atoms with E-state index in [2.05, 4.69) is 10.4 Å². The summed E-state index contributed by atoms with van der Waals surface area (Å²) in [4.78, 5) is 24.3. The summed E-state index contributed by atoms with van der Waals surface area (Å²) in [6, 6.07) is 7.67. The van der Waals surface area contributed by atoms with Gasteiger partial charge in [0.1, 0.15) is 0 Å². The van der Waals surface area contributed by atoms with Crippen molar-refractivity contribution in [1.29, 1.82) is 0 Å². The third-order valence-corrected chi connectivity index (χ3v) is 4.98. The highest BCUT2D eigenvalue weighted by atomic mass is 35.5. The number of aryl methyl sites for hydroxylation is 2. The van der Waals surface area contributed by atoms with Crippen LogP contribution >= 0.6 is 12.4 Å². The zero-order valence-corrected chi connectivity index (χ0v) is 16.6. The van der Waals surface area contributed by atoms with Crippen molar-refractivity contribution in [3.05, 3.63) is 64.0 Å². The summed E-state index contributed by atoms with van der Waals surface area (Å²) in [7, 11) is 0. The Morgan fingerprint density at radius 1 is 1.28 bits per heavy atom. The molecule has 152 valence electrons. The van der Waals surface area contributed by atoms with Crippen LogP contribution < -0.4 is 16.7 Å². The fourth-order valence-electron chi connectivity index (χ4n) is 3.48. The molecule has 7 nitrogen and oxygen atoms in total. The van der Waals surface area contributed by atoms with E-state index in [1.807, 2.05) is 25.1 Å². The number of hydrogen-bond acceptors (Lipinski definition) is 4. The van der Waals surface area contributed by atoms with Gasteiger partial charge < -0.3 is 11.1 Å². The number of hydrogen-bond donors (Lipinski definition) is 2. The van der Waals surface area contributed by atoms with Crippen molar-refractivity contribution in [2.45, 2.75) is 26.3 Å². The van der Waals surface area contributed by atoms with Crippen molar-refractivity contribution in [3.8, 4) is 11.1 Å². The molecule has 0 aliphatic carbocycles. The quantitative estimate of drug-likeness (QED) is 0.682. The molecule has 3 heterocycles. The number of amides is 1. The van der Waals surface area contributed by atoms with Crippen molar-refractivity contribution in [2.75, 3.05) is 11.9 Å². The predicted octanol–water partition coefficient (Wildman–Crippen LogP) is 2.59. The average molecular weight is 418 g/mol. The maximum Gasteiger partial charge on any atom is 0.350 e. The minimum Gasteiger partial charge on any atom is -0.327 e. The number of halogens is 2. The summed E-state index contributed by atoms with van der Waals surface area (Å²) >= 11 is 0. The average Bonchev–Trinajstić information content (AvgIpc) is 3.01. The van der Waals surface area contributed by atoms with Gasteiger partial charge in [0.05, 0.1) is 12.9 Å². The molecule has 1 amide bonds. The maximum absolute atomic E-state index is 12.8. The number of carbonyl (C=O) groups excluding carboxylic acids is 1. The fraction of sp³-hybridized carbons (Fsp3) is 0.250. The second-order valence-electron chi connectivity index (χ2n) is 6.93. The highest BCUT2D eigenvalue weighted by Gasteiger charge is 2.18. The van der Waals surface area contributed by atoms with Gasteiger partial charge in [-0.25, -0.2) is 18.3 Å². The number of carbonyl (C=O) groups is 1. The molecule has 29 heavy (non-hydrogen) atoms. The van der Waals surface area contributed by atoms with Gasteiger partial charge in [0, 0.05) is 24.8 Å². The van der Waals surface area contributed by atoms with E-state index >= 15 is 0 Å². The van der Waals surface area contributed by atoms with Gasteiger partial charge in [0.25, 0.3) is 0 Å². The number of benzene rings is 1. The summed E-state index contributed by atoms with van der Waals surface area (Å²) < 4.78 is 15.4. The topological polar surface area (TPSA) is 94.4 Å². The molecule has 9 heteroatoms. The molecule has 0 saturated carbocycles. The van der Waals surface area contributed by atoms with Crippen LogP contribution in [-0.2, 0) is 17.8 Å². The molecule has 4 rings (SSSR count). The van der Waals surface area contributed by atoms with Crippen LogP contribution in [0.5, 0.6) is 0 Å². The Hall–Kier alpha value is -2.97. The van der Waals surface area contributed by atoms with E-state index in [1.54, 1.807) is 12.3 Å². The van der Waals surface area contributed by atoms with Gasteiger partial charge in [0.15, 0.2) is 5.65 Å². The van der Waals surface area contributed by atoms with Crippen molar-refractivity contribution < 1.29 is 9.18 Å². The van der Waals surface area contributed by atoms with E-state index in [1.165, 1.54) is 9.08 Å². The maximum atomic E-state index is 12.8. The van der Waals surface area contributed by atoms with Crippen LogP contribution in [0.15, 0.2) is 47.2 Å². The predicted molar refractivity (Wildman–Crippen MR) is 112 cm³/mol. The van der Waals surface area contributed by atoms with Crippen molar-refractivity contribution in [1.82, 2.24) is 14.2 Å². The molecule has 3 N–H and O–H groups in total. The minimum absolute atomic E-state index is 0. The summed E-state index contributed by atoms with van der Waals surface area (Å²) in [6.07, 6.45) is 3.29. The number of nitrogens with one attached hydrogen (secondary N) is 1. The molecule has 0 spiro atoms. The molecule has 0 radical (unpaired) electrons. The smallest absolute Gasteiger partial charge is 0.327 e. The molecule has 3 aromatic rings. The van der Waals surface area contributed by atoms with Crippen molar-refractivity contribution >= 4 is 29.6 Å². The molecule has 0 atom stereocenters. The number of aromatic nitrogens is 3. The van der Waals surface area contributed by atoms with Crippen LogP contribution in [0.2, 0.25) is 0 Å². The van der Waals surface area contributed by atoms with E-state index < -0.39 is 0 Å². The zero-order valence-electron chi connectivity index (χ0n) is 15.8. The number of anilines is 1. The standard InChI is InChI=1S/C20H20FN5O2.ClH/c1-12-6-16(7-14-3-5-18(27)23-19(12)14)15-2-4-17-24-26(10-13(8-21)9-22)20(28)25(17)11-15;/h2,4,6-8,11H,3,5,9-10,22H2,1H3,(H,23,27);1H/b13-8+;. The molecular weight excluding hydrogens is 397 g/mol. The Morgan fingerprint density at radius 3 is 2.79 bits per heavy atom. The normalized spacial score (nSPS) is 13.8. The minimum atomic E-state index is -0.355. The summed E-state index contributed by atoms with van der Waals surface area (Å²) in [6.45, 7) is 1.99. The Bertz CT molecular complexity index is 1180. The lowest BCUT2D eigenvalue weighted by Gasteiger charge is -2.20. The molecule has 0 unspecified atom stereocenters. The highest BCUT2D eigenvalue weighted by molar-refractivity contribution is 5.95. The third-order valence-electron chi connectivity index (χ3n) is 4.98. The van der Waals surface area contributed by atoms with Gasteiger partial charge in [-0.2, -0.15) is 0 Å². The summed E-state index contributed by atoms with van der Waals surface area (Å²) in [5.74, 6) is 0.0305. The lowest BCUT2D eigenvalue weighted by atomic mass is 9.94. The summed E-state index contributed by atoms with van der Waals surface area (Å²) in [5.41, 5.74) is 10.6. The lowest BCUT2D eigenvalue weighted by Crippen LogP contribution is -2.23. The summed E-state index contributed by atoms with van der Waals surface area (Å²) in [5, 5.41) is 7.16. The first-order valence-electron chi connectivity index (χ1n) is 9.01. The Kier molecular flexibility index (Phi) is 5.86. The van der Waals surface area contributed by atoms with Crippen LogP contribution in [0.25, 0.3) is 16.8 Å². The highest BCUT2D eigenvalue weighted by Crippen LogP contribution is 2.32. The second kappa shape index (κ2) is 8.18. The van der Waals surface area contributed by atoms with E-state index in [0.29, 0.717) is 24.8 Å². The van der Waals surface area contributed by atoms with E-state index in [4.69, 9.17) is 5.73 Å². The van der Waals surface area contributed by atoms with Crippen LogP contribution in [0, 0.1) is 6.92 Å². The first-order valence-corrected chi connectivity index (χ1v) is 9.01. The van der Waals surface area contributed by atoms with E-state index in [0.717, 1.165) is 27.9 Å². The van der Waals surface area contributed by atoms with Crippen LogP contribution in [0.3, 0.4) is 0 Å². The molecule has 1 aliphatic heterocycles. The van der Waals surface area contributed by atoms with E-state index in [9.17, 15) is 14.0 Å². The van der Waals surface area contributed by atoms with E-state index in [-0.39, 0.29) is 42.7 Å². The molecule has 0 bridgehead atoms. The molecule has 0 fully saturated rings. The number of pyridine rings is 1. The molecule has 0 saturated heterocycles. The van der Waals surface area contributed by atoms with Gasteiger partial charge in [-0.05, 0) is 65.4 Å². The first kappa shape index (κ1) is 20.8. The van der Waals surface area contributed by atoms with Gasteiger partial charge in [0.2, 0.25) is 5.91 Å². The van der Waals surface area contributed by atoms with Crippen LogP contribution in [0.1, 0.15) is 17.5 Å². The number of nitrogens with zero attached hydrogens (tertiary/aromatic N) is 3. The Labute approximate surface area is 172 Å². The lowest BCUT2D eigenvalue weighted by molar-refractivity contribution is -0.116. The number of fused-ring (bicyclic) bond motifs is 2. The van der Waals surface area contributed by atoms with Crippen LogP contribution in [0.4, 0.5) is 10.1 Å². The SMILES string of the molecule is Cc1cc(-c2ccc3nn(C/C(=C/F)CN)c(=O)n3c2)cc2c1NC(=O)CC2.Cl. The molecule has 1 aliphatic rings. The van der Waals surface area contributed by atoms with Crippen LogP contribution in [-0.4, -0.2) is 26.6 Å². The van der Waals surface area contributed by atoms with Crippen molar-refractivity contribution in [3.63, 3.8) is 0 Å². The number of nitrogens with two attached hydrogens (primary N) is 1. The number of rotatable bonds is 4. The second-order valence-corrected chi connectivity index (χ2v) is 6.93. The van der Waals surface area contributed by atoms with Gasteiger partial charge >= 0.3 is 5.69 Å². The largest absolute Gasteiger partial charge is 0.350 e.